The fourth-order valence-corrected chi connectivity index (χ4v) is 6.71. The number of likely N-dealkylation sites (tertiary alicyclic amines) is 2. The van der Waals surface area contributed by atoms with E-state index >= 15 is 0 Å². The summed E-state index contributed by atoms with van der Waals surface area (Å²) in [6.07, 6.45) is 5.82. The van der Waals surface area contributed by atoms with Gasteiger partial charge in [-0.2, -0.15) is 0 Å². The van der Waals surface area contributed by atoms with Crippen LogP contribution < -0.4 is 9.64 Å². The van der Waals surface area contributed by atoms with E-state index in [0.717, 1.165) is 74.9 Å². The van der Waals surface area contributed by atoms with Crippen molar-refractivity contribution in [2.24, 2.45) is 11.8 Å². The van der Waals surface area contributed by atoms with Gasteiger partial charge in [-0.1, -0.05) is 23.2 Å². The zero-order valence-electron chi connectivity index (χ0n) is 23.3. The molecular formula is C30H34Cl2N6O3. The minimum atomic E-state index is -0.138. The monoisotopic (exact) mass is 596 g/mol. The van der Waals surface area contributed by atoms with Crippen LogP contribution in [-0.2, 0) is 16.1 Å². The van der Waals surface area contributed by atoms with Crippen molar-refractivity contribution in [2.45, 2.75) is 31.8 Å². The molecule has 0 radical (unpaired) electrons. The van der Waals surface area contributed by atoms with Crippen LogP contribution in [0.3, 0.4) is 0 Å². The maximum absolute atomic E-state index is 11.7. The molecule has 11 heteroatoms. The summed E-state index contributed by atoms with van der Waals surface area (Å²) in [5.41, 5.74) is 2.59. The van der Waals surface area contributed by atoms with Gasteiger partial charge in [-0.25, -0.2) is 15.0 Å². The molecule has 0 saturated carbocycles. The number of piperidine rings is 1. The highest BCUT2D eigenvalue weighted by Crippen LogP contribution is 2.34. The smallest absolute Gasteiger partial charge is 0.305 e. The summed E-state index contributed by atoms with van der Waals surface area (Å²) >= 11 is 12.6. The molecule has 6 rings (SSSR count). The van der Waals surface area contributed by atoms with Crippen LogP contribution >= 0.6 is 23.2 Å². The van der Waals surface area contributed by atoms with Crippen LogP contribution in [0.2, 0.25) is 10.0 Å². The number of nitrogens with zero attached hydrogens (tertiary/aromatic N) is 6. The van der Waals surface area contributed by atoms with Gasteiger partial charge in [-0.3, -0.25) is 9.69 Å². The Labute approximate surface area is 250 Å². The van der Waals surface area contributed by atoms with Gasteiger partial charge in [0.1, 0.15) is 0 Å². The quantitative estimate of drug-likeness (QED) is 0.327. The van der Waals surface area contributed by atoms with Crippen LogP contribution in [0.1, 0.15) is 24.8 Å². The number of benzene rings is 1. The number of hydrogen-bond acceptors (Lipinski definition) is 9. The van der Waals surface area contributed by atoms with Crippen LogP contribution in [0.5, 0.6) is 11.6 Å². The lowest BCUT2D eigenvalue weighted by Crippen LogP contribution is -2.52. The first-order chi connectivity index (χ1) is 19.8. The maximum Gasteiger partial charge on any atom is 0.305 e. The van der Waals surface area contributed by atoms with Gasteiger partial charge in [0.25, 0.3) is 0 Å². The summed E-state index contributed by atoms with van der Waals surface area (Å²) in [5, 5.41) is 1.08. The van der Waals surface area contributed by atoms with Gasteiger partial charge in [0.2, 0.25) is 11.8 Å². The molecule has 0 N–H and O–H groups in total. The lowest BCUT2D eigenvalue weighted by atomic mass is 9.93. The third-order valence-electron chi connectivity index (χ3n) is 8.43. The highest BCUT2D eigenvalue weighted by molar-refractivity contribution is 6.35. The lowest BCUT2D eigenvalue weighted by molar-refractivity contribution is -0.142. The average molecular weight is 598 g/mol. The lowest BCUT2D eigenvalue weighted by Gasteiger charge is -2.40. The Balaban J connectivity index is 1.19. The van der Waals surface area contributed by atoms with E-state index in [-0.39, 0.29) is 5.97 Å². The van der Waals surface area contributed by atoms with E-state index in [1.54, 1.807) is 18.5 Å². The van der Waals surface area contributed by atoms with Crippen molar-refractivity contribution < 1.29 is 14.3 Å². The Bertz CT molecular complexity index is 1380. The second-order valence-electron chi connectivity index (χ2n) is 11.3. The number of pyridine rings is 1. The Kier molecular flexibility index (Phi) is 8.30. The van der Waals surface area contributed by atoms with E-state index in [9.17, 15) is 4.79 Å². The molecule has 0 bridgehead atoms. The van der Waals surface area contributed by atoms with Gasteiger partial charge in [0.15, 0.2) is 5.75 Å². The number of esters is 1. The van der Waals surface area contributed by atoms with Gasteiger partial charge in [0, 0.05) is 66.2 Å². The number of rotatable bonds is 8. The van der Waals surface area contributed by atoms with Crippen LogP contribution in [0.4, 0.5) is 5.95 Å². The van der Waals surface area contributed by atoms with Crippen LogP contribution in [0.15, 0.2) is 42.7 Å². The molecule has 216 valence electrons. The first-order valence-corrected chi connectivity index (χ1v) is 14.8. The van der Waals surface area contributed by atoms with Crippen molar-refractivity contribution in [3.8, 4) is 22.9 Å². The highest BCUT2D eigenvalue weighted by atomic mass is 35.5. The topological polar surface area (TPSA) is 83.9 Å². The minimum absolute atomic E-state index is 0.138. The van der Waals surface area contributed by atoms with Crippen LogP contribution in [-0.4, -0.2) is 83.6 Å². The molecule has 0 aliphatic carbocycles. The van der Waals surface area contributed by atoms with Gasteiger partial charge in [-0.05, 0) is 68.7 Å². The van der Waals surface area contributed by atoms with Crippen molar-refractivity contribution in [3.63, 3.8) is 0 Å². The van der Waals surface area contributed by atoms with Crippen molar-refractivity contribution >= 4 is 35.1 Å². The van der Waals surface area contributed by atoms with Crippen LogP contribution in [0, 0.1) is 11.8 Å². The standard InChI is InChI=1S/C30H34Cl2N6O3/c1-36-16-22-17-38(18-27(22)36)30-33-13-25(14-34-30)41-28-8-20(7-26(35-28)21-10-23(31)12-24(32)11-21)15-37-5-3-19(4-6-37)9-29(39)40-2/h7-8,10-14,19,22,27H,3-6,9,15-18H2,1-2H3/t22-,27+/m0/s1. The molecule has 3 aromatic rings. The van der Waals surface area contributed by atoms with E-state index < -0.39 is 0 Å². The summed E-state index contributed by atoms with van der Waals surface area (Å²) in [4.78, 5) is 32.7. The number of anilines is 1. The summed E-state index contributed by atoms with van der Waals surface area (Å²) in [5.74, 6) is 2.62. The van der Waals surface area contributed by atoms with E-state index in [1.165, 1.54) is 7.11 Å². The molecule has 0 amide bonds. The molecule has 3 saturated heterocycles. The van der Waals surface area contributed by atoms with Crippen molar-refractivity contribution in [3.05, 3.63) is 58.3 Å². The third kappa shape index (κ3) is 6.59. The zero-order valence-corrected chi connectivity index (χ0v) is 24.8. The molecule has 3 aliphatic heterocycles. The SMILES string of the molecule is COC(=O)CC1CCN(Cc2cc(Oc3cnc(N4C[C@@H]5CN(C)[C@@H]5C4)nc3)nc(-c3cc(Cl)cc(Cl)c3)c2)CC1. The second-order valence-corrected chi connectivity index (χ2v) is 12.2. The predicted molar refractivity (Wildman–Crippen MR) is 159 cm³/mol. The molecule has 41 heavy (non-hydrogen) atoms. The number of carbonyl (C=O) groups is 1. The van der Waals surface area contributed by atoms with Crippen molar-refractivity contribution in [1.29, 1.82) is 0 Å². The van der Waals surface area contributed by atoms with Crippen LogP contribution in [0.25, 0.3) is 11.3 Å². The van der Waals surface area contributed by atoms with Gasteiger partial charge in [0.05, 0.1) is 25.2 Å². The fraction of sp³-hybridized carbons (Fsp3) is 0.467. The number of methoxy groups -OCH3 is 1. The second kappa shape index (κ2) is 12.1. The number of fused-ring (bicyclic) bond motifs is 1. The summed E-state index contributed by atoms with van der Waals surface area (Å²) < 4.78 is 11.0. The number of likely N-dealkylation sites (N-methyl/N-ethyl adjacent to an activating group) is 1. The van der Waals surface area contributed by atoms with Gasteiger partial charge < -0.3 is 19.3 Å². The maximum atomic E-state index is 11.7. The normalized spacial score (nSPS) is 21.4. The molecule has 3 aliphatic rings. The predicted octanol–water partition coefficient (Wildman–Crippen LogP) is 5.16. The molecule has 0 unspecified atom stereocenters. The van der Waals surface area contributed by atoms with E-state index in [0.29, 0.717) is 46.0 Å². The Morgan fingerprint density at radius 2 is 1.73 bits per heavy atom. The molecule has 3 fully saturated rings. The number of carbonyl (C=O) groups excluding carboxylic acids is 1. The van der Waals surface area contributed by atoms with E-state index in [2.05, 4.69) is 31.7 Å². The molecule has 1 aromatic carbocycles. The number of halogens is 2. The molecule has 2 atom stereocenters. The highest BCUT2D eigenvalue weighted by Gasteiger charge is 2.44. The number of aromatic nitrogens is 3. The summed E-state index contributed by atoms with van der Waals surface area (Å²) in [6.45, 7) is 5.62. The first kappa shape index (κ1) is 28.2. The van der Waals surface area contributed by atoms with Crippen molar-refractivity contribution in [1.82, 2.24) is 24.8 Å². The van der Waals surface area contributed by atoms with Gasteiger partial charge >= 0.3 is 5.97 Å². The molecule has 5 heterocycles. The Morgan fingerprint density at radius 3 is 2.39 bits per heavy atom. The first-order valence-electron chi connectivity index (χ1n) is 14.0. The largest absolute Gasteiger partial charge is 0.469 e. The number of hydrogen-bond donors (Lipinski definition) is 0. The zero-order chi connectivity index (χ0) is 28.5. The van der Waals surface area contributed by atoms with Gasteiger partial charge in [-0.15, -0.1) is 0 Å². The molecule has 0 spiro atoms. The van der Waals surface area contributed by atoms with E-state index in [4.69, 9.17) is 37.7 Å². The average Bonchev–Trinajstić information content (AvgIpc) is 3.31. The fourth-order valence-electron chi connectivity index (χ4n) is 6.19. The van der Waals surface area contributed by atoms with Crippen molar-refractivity contribution in [2.75, 3.05) is 51.8 Å². The summed E-state index contributed by atoms with van der Waals surface area (Å²) in [7, 11) is 3.61. The summed E-state index contributed by atoms with van der Waals surface area (Å²) in [6, 6.07) is 10.00. The molecule has 2 aromatic heterocycles. The Morgan fingerprint density at radius 1 is 1.00 bits per heavy atom. The Hall–Kier alpha value is -2.98. The molecule has 9 nitrogen and oxygen atoms in total. The minimum Gasteiger partial charge on any atom is -0.469 e. The number of ether oxygens (including phenoxy) is 2. The van der Waals surface area contributed by atoms with E-state index in [1.807, 2.05) is 24.3 Å². The molecular weight excluding hydrogens is 563 g/mol. The third-order valence-corrected chi connectivity index (χ3v) is 8.87.